The molecule has 2 bridgehead atoms. The lowest BCUT2D eigenvalue weighted by molar-refractivity contribution is -0.385. The van der Waals surface area contributed by atoms with Crippen LogP contribution in [0.4, 0.5) is 5.69 Å². The molecule has 5 heteroatoms. The Bertz CT molecular complexity index is 566. The zero-order chi connectivity index (χ0) is 13.5. The average Bonchev–Trinajstić information content (AvgIpc) is 3.00. The van der Waals surface area contributed by atoms with E-state index in [1.165, 1.54) is 6.07 Å². The van der Waals surface area contributed by atoms with Crippen LogP contribution in [-0.4, -0.2) is 17.1 Å². The van der Waals surface area contributed by atoms with Gasteiger partial charge in [0.2, 0.25) is 0 Å². The lowest BCUT2D eigenvalue weighted by Gasteiger charge is -2.27. The van der Waals surface area contributed by atoms with Gasteiger partial charge in [0.15, 0.2) is 0 Å². The van der Waals surface area contributed by atoms with E-state index in [0.717, 1.165) is 12.8 Å². The lowest BCUT2D eigenvalue weighted by Crippen LogP contribution is -2.33. The summed E-state index contributed by atoms with van der Waals surface area (Å²) >= 11 is 0. The molecule has 2 aliphatic heterocycles. The molecule has 3 atom stereocenters. The number of nitro groups is 1. The summed E-state index contributed by atoms with van der Waals surface area (Å²) in [5, 5.41) is 20.6. The fourth-order valence-corrected chi connectivity index (χ4v) is 3.32. The second-order valence-corrected chi connectivity index (χ2v) is 5.36. The number of benzene rings is 1. The lowest BCUT2D eigenvalue weighted by atomic mass is 9.71. The van der Waals surface area contributed by atoms with Gasteiger partial charge in [0.25, 0.3) is 5.69 Å². The Hall–Kier alpha value is -1.93. The summed E-state index contributed by atoms with van der Waals surface area (Å²) < 4.78 is 5.76. The molecule has 1 aromatic rings. The number of nitriles is 1. The van der Waals surface area contributed by atoms with Crippen LogP contribution in [0.15, 0.2) is 24.3 Å². The molecule has 0 saturated carbocycles. The largest absolute Gasteiger partial charge is 0.373 e. The molecule has 2 heterocycles. The van der Waals surface area contributed by atoms with Gasteiger partial charge in [-0.15, -0.1) is 0 Å². The minimum atomic E-state index is -0.588. The van der Waals surface area contributed by atoms with Crippen molar-refractivity contribution in [3.63, 3.8) is 0 Å². The highest BCUT2D eigenvalue weighted by molar-refractivity contribution is 5.41. The maximum absolute atomic E-state index is 11.0. The Labute approximate surface area is 110 Å². The average molecular weight is 258 g/mol. The van der Waals surface area contributed by atoms with Crippen LogP contribution in [0.25, 0.3) is 0 Å². The highest BCUT2D eigenvalue weighted by Gasteiger charge is 2.53. The minimum absolute atomic E-state index is 0.0673. The quantitative estimate of drug-likeness (QED) is 0.616. The molecule has 3 rings (SSSR count). The summed E-state index contributed by atoms with van der Waals surface area (Å²) in [6.07, 6.45) is 3.08. The fraction of sp³-hybridized carbons (Fsp3) is 0.500. The molecule has 0 aromatic heterocycles. The summed E-state index contributed by atoms with van der Waals surface area (Å²) in [4.78, 5) is 10.7. The third-order valence-electron chi connectivity index (χ3n) is 4.23. The predicted molar refractivity (Wildman–Crippen MR) is 67.4 cm³/mol. The zero-order valence-electron chi connectivity index (χ0n) is 10.4. The molecule has 0 spiro atoms. The van der Waals surface area contributed by atoms with E-state index in [1.54, 1.807) is 18.2 Å². The molecule has 19 heavy (non-hydrogen) atoms. The van der Waals surface area contributed by atoms with Gasteiger partial charge in [0.05, 0.1) is 28.6 Å². The van der Waals surface area contributed by atoms with Gasteiger partial charge in [-0.25, -0.2) is 0 Å². The fourth-order valence-electron chi connectivity index (χ4n) is 3.32. The zero-order valence-corrected chi connectivity index (χ0v) is 10.4. The number of para-hydroxylation sites is 1. The SMILES string of the molecule is N#CC1(Cc2ccccc2[N+](=O)[O-])CC2CCC1O2. The molecular weight excluding hydrogens is 244 g/mol. The van der Waals surface area contributed by atoms with Crippen LogP contribution in [0, 0.1) is 26.9 Å². The minimum Gasteiger partial charge on any atom is -0.373 e. The highest BCUT2D eigenvalue weighted by Crippen LogP contribution is 2.49. The van der Waals surface area contributed by atoms with Crippen molar-refractivity contribution in [2.24, 2.45) is 5.41 Å². The monoisotopic (exact) mass is 258 g/mol. The Kier molecular flexibility index (Phi) is 2.76. The van der Waals surface area contributed by atoms with Crippen LogP contribution in [-0.2, 0) is 11.2 Å². The Morgan fingerprint density at radius 2 is 2.26 bits per heavy atom. The van der Waals surface area contributed by atoms with E-state index in [-0.39, 0.29) is 22.8 Å². The summed E-state index contributed by atoms with van der Waals surface area (Å²) in [7, 11) is 0. The second-order valence-electron chi connectivity index (χ2n) is 5.36. The van der Waals surface area contributed by atoms with E-state index in [4.69, 9.17) is 4.74 Å². The van der Waals surface area contributed by atoms with Gasteiger partial charge in [0, 0.05) is 18.1 Å². The molecular formula is C14H14N2O3. The molecule has 0 aliphatic carbocycles. The van der Waals surface area contributed by atoms with Crippen molar-refractivity contribution in [3.05, 3.63) is 39.9 Å². The van der Waals surface area contributed by atoms with Crippen LogP contribution < -0.4 is 0 Å². The molecule has 98 valence electrons. The van der Waals surface area contributed by atoms with E-state index in [0.29, 0.717) is 18.4 Å². The van der Waals surface area contributed by atoms with E-state index in [1.807, 2.05) is 0 Å². The molecule has 2 aliphatic rings. The summed E-state index contributed by atoms with van der Waals surface area (Å²) in [6, 6.07) is 9.04. The topological polar surface area (TPSA) is 76.2 Å². The van der Waals surface area contributed by atoms with Crippen molar-refractivity contribution in [1.82, 2.24) is 0 Å². The van der Waals surface area contributed by atoms with Crippen LogP contribution in [0.3, 0.4) is 0 Å². The molecule has 3 unspecified atom stereocenters. The molecule has 5 nitrogen and oxygen atoms in total. The van der Waals surface area contributed by atoms with Gasteiger partial charge in [-0.1, -0.05) is 18.2 Å². The van der Waals surface area contributed by atoms with E-state index in [2.05, 4.69) is 6.07 Å². The van der Waals surface area contributed by atoms with Gasteiger partial charge in [-0.05, 0) is 19.3 Å². The number of fused-ring (bicyclic) bond motifs is 2. The van der Waals surface area contributed by atoms with Crippen LogP contribution in [0.2, 0.25) is 0 Å². The van der Waals surface area contributed by atoms with Crippen molar-refractivity contribution in [2.75, 3.05) is 0 Å². The van der Waals surface area contributed by atoms with Gasteiger partial charge < -0.3 is 4.74 Å². The molecule has 0 amide bonds. The van der Waals surface area contributed by atoms with Crippen molar-refractivity contribution in [3.8, 4) is 6.07 Å². The third-order valence-corrected chi connectivity index (χ3v) is 4.23. The summed E-state index contributed by atoms with van der Waals surface area (Å²) in [5.74, 6) is 0. The Morgan fingerprint density at radius 1 is 1.47 bits per heavy atom. The van der Waals surface area contributed by atoms with E-state index in [9.17, 15) is 15.4 Å². The van der Waals surface area contributed by atoms with Crippen molar-refractivity contribution < 1.29 is 9.66 Å². The van der Waals surface area contributed by atoms with Crippen LogP contribution in [0.5, 0.6) is 0 Å². The maximum atomic E-state index is 11.0. The Balaban J connectivity index is 1.93. The standard InChI is InChI=1S/C14H14N2O3/c15-9-14(8-11-5-6-13(14)19-11)7-10-3-1-2-4-12(10)16(17)18/h1-4,11,13H,5-8H2. The third kappa shape index (κ3) is 1.89. The molecule has 0 N–H and O–H groups in total. The maximum Gasteiger partial charge on any atom is 0.272 e. The van der Waals surface area contributed by atoms with Crippen LogP contribution >= 0.6 is 0 Å². The normalized spacial score (nSPS) is 32.2. The number of hydrogen-bond donors (Lipinski definition) is 0. The van der Waals surface area contributed by atoms with Crippen molar-refractivity contribution in [2.45, 2.75) is 37.9 Å². The molecule has 0 radical (unpaired) electrons. The Morgan fingerprint density at radius 3 is 2.84 bits per heavy atom. The molecule has 2 saturated heterocycles. The number of rotatable bonds is 3. The second kappa shape index (κ2) is 4.32. The first-order valence-electron chi connectivity index (χ1n) is 6.44. The summed E-state index contributed by atoms with van der Waals surface area (Å²) in [5.41, 5.74) is 0.139. The summed E-state index contributed by atoms with van der Waals surface area (Å²) in [6.45, 7) is 0. The number of hydrogen-bond acceptors (Lipinski definition) is 4. The molecule has 2 fully saturated rings. The number of nitro benzene ring substituents is 1. The first-order chi connectivity index (χ1) is 9.14. The van der Waals surface area contributed by atoms with Gasteiger partial charge in [-0.2, -0.15) is 5.26 Å². The van der Waals surface area contributed by atoms with E-state index < -0.39 is 5.41 Å². The van der Waals surface area contributed by atoms with Crippen molar-refractivity contribution >= 4 is 5.69 Å². The highest BCUT2D eigenvalue weighted by atomic mass is 16.6. The molecule has 1 aromatic carbocycles. The van der Waals surface area contributed by atoms with Crippen molar-refractivity contribution in [1.29, 1.82) is 5.26 Å². The first-order valence-corrected chi connectivity index (χ1v) is 6.44. The van der Waals surface area contributed by atoms with Crippen LogP contribution in [0.1, 0.15) is 24.8 Å². The van der Waals surface area contributed by atoms with E-state index >= 15 is 0 Å². The number of ether oxygens (including phenoxy) is 1. The first kappa shape index (κ1) is 12.1. The van der Waals surface area contributed by atoms with Gasteiger partial charge in [0.1, 0.15) is 0 Å². The smallest absolute Gasteiger partial charge is 0.272 e. The van der Waals surface area contributed by atoms with Gasteiger partial charge >= 0.3 is 0 Å². The van der Waals surface area contributed by atoms with Gasteiger partial charge in [-0.3, -0.25) is 10.1 Å². The number of nitrogens with zero attached hydrogens (tertiary/aromatic N) is 2. The predicted octanol–water partition coefficient (Wildman–Crippen LogP) is 2.60.